The van der Waals surface area contributed by atoms with Crippen molar-refractivity contribution >= 4 is 17.0 Å². The first kappa shape index (κ1) is 8.81. The molecule has 1 aliphatic heterocycles. The van der Waals surface area contributed by atoms with Crippen LogP contribution >= 0.6 is 11.6 Å². The molecule has 0 aromatic carbocycles. The molecule has 1 saturated heterocycles. The summed E-state index contributed by atoms with van der Waals surface area (Å²) in [5.41, 5.74) is 0. The fraction of sp³-hybridized carbons (Fsp3) is 0.857. The van der Waals surface area contributed by atoms with Gasteiger partial charge in [-0.05, 0) is 24.4 Å². The van der Waals surface area contributed by atoms with E-state index in [1.165, 1.54) is 4.90 Å². The Morgan fingerprint density at radius 1 is 1.82 bits per heavy atom. The number of carbonyl (C=O) groups excluding carboxylic acids is 1. The molecule has 0 saturated carbocycles. The van der Waals surface area contributed by atoms with Crippen LogP contribution in [0.4, 0.5) is 4.79 Å². The van der Waals surface area contributed by atoms with Crippen LogP contribution in [-0.4, -0.2) is 36.6 Å². The number of carbonyl (C=O) groups is 1. The number of hydrogen-bond donors (Lipinski definition) is 0. The maximum atomic E-state index is 10.6. The average molecular weight is 178 g/mol. The highest BCUT2D eigenvalue weighted by molar-refractivity contribution is 6.62. The van der Waals surface area contributed by atoms with E-state index in [0.29, 0.717) is 6.54 Å². The molecule has 0 aromatic rings. The molecule has 0 spiro atoms. The first-order chi connectivity index (χ1) is 5.20. The van der Waals surface area contributed by atoms with Gasteiger partial charge in [-0.25, -0.2) is 0 Å². The summed E-state index contributed by atoms with van der Waals surface area (Å²) in [7, 11) is 1.68. The van der Waals surface area contributed by atoms with Gasteiger partial charge in [0.15, 0.2) is 0 Å². The third-order valence-electron chi connectivity index (χ3n) is 1.80. The van der Waals surface area contributed by atoms with E-state index in [2.05, 4.69) is 0 Å². The van der Waals surface area contributed by atoms with Crippen LogP contribution in [0.3, 0.4) is 0 Å². The van der Waals surface area contributed by atoms with E-state index in [4.69, 9.17) is 16.3 Å². The van der Waals surface area contributed by atoms with Crippen LogP contribution in [-0.2, 0) is 4.74 Å². The van der Waals surface area contributed by atoms with E-state index in [9.17, 15) is 4.79 Å². The van der Waals surface area contributed by atoms with Gasteiger partial charge >= 0.3 is 5.37 Å². The Morgan fingerprint density at radius 3 is 3.00 bits per heavy atom. The second kappa shape index (κ2) is 3.93. The van der Waals surface area contributed by atoms with Gasteiger partial charge in [0.25, 0.3) is 0 Å². The standard InChI is InChI=1S/C7H12ClNO2/c1-9(7(8)10)5-6-3-2-4-11-6/h6H,2-5H2,1H3. The van der Waals surface area contributed by atoms with Crippen molar-refractivity contribution in [1.29, 1.82) is 0 Å². The van der Waals surface area contributed by atoms with E-state index < -0.39 is 5.37 Å². The minimum atomic E-state index is -0.416. The lowest BCUT2D eigenvalue weighted by atomic mass is 10.2. The molecule has 4 heteroatoms. The number of halogens is 1. The van der Waals surface area contributed by atoms with Crippen LogP contribution in [0.25, 0.3) is 0 Å². The van der Waals surface area contributed by atoms with Gasteiger partial charge in [0.05, 0.1) is 6.10 Å². The lowest BCUT2D eigenvalue weighted by molar-refractivity contribution is 0.0908. The zero-order valence-electron chi connectivity index (χ0n) is 6.55. The first-order valence-corrected chi connectivity index (χ1v) is 4.10. The van der Waals surface area contributed by atoms with Gasteiger partial charge in [0.1, 0.15) is 0 Å². The van der Waals surface area contributed by atoms with Gasteiger partial charge in [-0.3, -0.25) is 4.79 Å². The second-order valence-electron chi connectivity index (χ2n) is 2.77. The van der Waals surface area contributed by atoms with Crippen molar-refractivity contribution in [3.8, 4) is 0 Å². The van der Waals surface area contributed by atoms with Crippen molar-refractivity contribution < 1.29 is 9.53 Å². The average Bonchev–Trinajstić information content (AvgIpc) is 2.39. The summed E-state index contributed by atoms with van der Waals surface area (Å²) >= 11 is 5.24. The molecule has 0 N–H and O–H groups in total. The molecule has 1 fully saturated rings. The number of hydrogen-bond acceptors (Lipinski definition) is 2. The van der Waals surface area contributed by atoms with Crippen molar-refractivity contribution in [3.05, 3.63) is 0 Å². The molecule has 0 aliphatic carbocycles. The largest absolute Gasteiger partial charge is 0.376 e. The zero-order valence-corrected chi connectivity index (χ0v) is 7.30. The number of amides is 1. The van der Waals surface area contributed by atoms with Gasteiger partial charge < -0.3 is 9.64 Å². The fourth-order valence-electron chi connectivity index (χ4n) is 1.17. The lowest BCUT2D eigenvalue weighted by Gasteiger charge is -2.17. The van der Waals surface area contributed by atoms with E-state index >= 15 is 0 Å². The summed E-state index contributed by atoms with van der Waals surface area (Å²) in [6.07, 6.45) is 2.33. The molecule has 0 radical (unpaired) electrons. The Kier molecular flexibility index (Phi) is 3.15. The molecule has 11 heavy (non-hydrogen) atoms. The highest BCUT2D eigenvalue weighted by Gasteiger charge is 2.18. The molecule has 1 rings (SSSR count). The van der Waals surface area contributed by atoms with Crippen LogP contribution in [0.2, 0.25) is 0 Å². The SMILES string of the molecule is CN(CC1CCCO1)C(=O)Cl. The van der Waals surface area contributed by atoms with E-state index in [1.807, 2.05) is 0 Å². The van der Waals surface area contributed by atoms with Gasteiger partial charge in [-0.2, -0.15) is 0 Å². The minimum Gasteiger partial charge on any atom is -0.376 e. The van der Waals surface area contributed by atoms with Crippen LogP contribution in [0.1, 0.15) is 12.8 Å². The molecule has 0 bridgehead atoms. The molecular formula is C7H12ClNO2. The lowest BCUT2D eigenvalue weighted by Crippen LogP contribution is -2.30. The van der Waals surface area contributed by atoms with Gasteiger partial charge in [0.2, 0.25) is 0 Å². The van der Waals surface area contributed by atoms with Crippen LogP contribution in [0.15, 0.2) is 0 Å². The van der Waals surface area contributed by atoms with Crippen LogP contribution in [0.5, 0.6) is 0 Å². The van der Waals surface area contributed by atoms with Crippen molar-refractivity contribution in [2.45, 2.75) is 18.9 Å². The predicted octanol–water partition coefficient (Wildman–Crippen LogP) is 1.46. The molecule has 0 aromatic heterocycles. The van der Waals surface area contributed by atoms with Crippen molar-refractivity contribution in [3.63, 3.8) is 0 Å². The number of likely N-dealkylation sites (N-methyl/N-ethyl adjacent to an activating group) is 1. The summed E-state index contributed by atoms with van der Waals surface area (Å²) in [4.78, 5) is 12.0. The molecule has 1 atom stereocenters. The molecule has 3 nitrogen and oxygen atoms in total. The monoisotopic (exact) mass is 177 g/mol. The third-order valence-corrected chi connectivity index (χ3v) is 2.09. The molecule has 1 aliphatic rings. The number of ether oxygens (including phenoxy) is 1. The highest BCUT2D eigenvalue weighted by Crippen LogP contribution is 2.13. The van der Waals surface area contributed by atoms with Crippen molar-refractivity contribution in [2.75, 3.05) is 20.2 Å². The van der Waals surface area contributed by atoms with Gasteiger partial charge in [-0.1, -0.05) is 0 Å². The molecule has 1 heterocycles. The Balaban J connectivity index is 2.23. The fourth-order valence-corrected chi connectivity index (χ4v) is 1.23. The Hall–Kier alpha value is -0.280. The van der Waals surface area contributed by atoms with E-state index in [-0.39, 0.29) is 6.10 Å². The normalized spacial score (nSPS) is 23.6. The van der Waals surface area contributed by atoms with Crippen LogP contribution < -0.4 is 0 Å². The quantitative estimate of drug-likeness (QED) is 0.472. The summed E-state index contributed by atoms with van der Waals surface area (Å²) in [6, 6.07) is 0. The maximum Gasteiger partial charge on any atom is 0.316 e. The topological polar surface area (TPSA) is 29.5 Å². The summed E-state index contributed by atoms with van der Waals surface area (Å²) in [6.45, 7) is 1.43. The number of rotatable bonds is 2. The van der Waals surface area contributed by atoms with Gasteiger partial charge in [0, 0.05) is 20.2 Å². The summed E-state index contributed by atoms with van der Waals surface area (Å²) in [5.74, 6) is 0. The van der Waals surface area contributed by atoms with Crippen molar-refractivity contribution in [1.82, 2.24) is 4.90 Å². The maximum absolute atomic E-state index is 10.6. The molecule has 1 amide bonds. The Morgan fingerprint density at radius 2 is 2.55 bits per heavy atom. The third kappa shape index (κ3) is 2.67. The molecule has 1 unspecified atom stereocenters. The summed E-state index contributed by atoms with van der Waals surface area (Å²) in [5, 5.41) is -0.416. The van der Waals surface area contributed by atoms with E-state index in [0.717, 1.165) is 19.4 Å². The highest BCUT2D eigenvalue weighted by atomic mass is 35.5. The Bertz CT molecular complexity index is 145. The summed E-state index contributed by atoms with van der Waals surface area (Å²) < 4.78 is 5.32. The zero-order chi connectivity index (χ0) is 8.27. The smallest absolute Gasteiger partial charge is 0.316 e. The van der Waals surface area contributed by atoms with E-state index in [1.54, 1.807) is 7.05 Å². The molecular weight excluding hydrogens is 166 g/mol. The Labute approximate surface area is 71.3 Å². The van der Waals surface area contributed by atoms with Crippen LogP contribution in [0, 0.1) is 0 Å². The predicted molar refractivity (Wildman–Crippen MR) is 42.9 cm³/mol. The number of nitrogens with zero attached hydrogens (tertiary/aromatic N) is 1. The van der Waals surface area contributed by atoms with Gasteiger partial charge in [-0.15, -0.1) is 0 Å². The second-order valence-corrected chi connectivity index (χ2v) is 3.09. The molecule has 64 valence electrons. The first-order valence-electron chi connectivity index (χ1n) is 3.72. The minimum absolute atomic E-state index is 0.197. The van der Waals surface area contributed by atoms with Crippen molar-refractivity contribution in [2.24, 2.45) is 0 Å².